The van der Waals surface area contributed by atoms with Crippen molar-refractivity contribution in [1.82, 2.24) is 5.16 Å². The summed E-state index contributed by atoms with van der Waals surface area (Å²) in [5.74, 6) is 0.995. The van der Waals surface area contributed by atoms with Crippen molar-refractivity contribution in [2.24, 2.45) is 50.2 Å². The fraction of sp³-hybridized carbons (Fsp3) is 0.718. The first-order valence-electron chi connectivity index (χ1n) is 17.8. The third kappa shape index (κ3) is 4.35. The van der Waals surface area contributed by atoms with E-state index in [-0.39, 0.29) is 57.4 Å². The quantitative estimate of drug-likeness (QED) is 0.208. The molecular weight excluding hydrogens is 576 g/mol. The number of hydrogen-bond acceptors (Lipinski definition) is 6. The zero-order valence-electron chi connectivity index (χ0n) is 29.0. The van der Waals surface area contributed by atoms with Gasteiger partial charge in [0.1, 0.15) is 0 Å². The summed E-state index contributed by atoms with van der Waals surface area (Å²) in [5, 5.41) is 27.7. The second-order valence-electron chi connectivity index (χ2n) is 17.9. The summed E-state index contributed by atoms with van der Waals surface area (Å²) in [5.41, 5.74) is 2.65. The molecule has 7 rings (SSSR count). The molecule has 4 fully saturated rings. The molecule has 4 saturated carbocycles. The highest BCUT2D eigenvalue weighted by Crippen LogP contribution is 2.75. The molecule has 0 radical (unpaired) electrons. The molecule has 7 nitrogen and oxygen atoms in total. The predicted octanol–water partition coefficient (Wildman–Crippen LogP) is 8.18. The Balaban J connectivity index is 1.22. The number of esters is 1. The maximum absolute atomic E-state index is 14.5. The van der Waals surface area contributed by atoms with Crippen molar-refractivity contribution in [1.29, 1.82) is 0 Å². The largest absolute Gasteiger partial charge is 0.456 e. The molecule has 1 aromatic carbocycles. The number of benzene rings is 1. The Labute approximate surface area is 274 Å². The van der Waals surface area contributed by atoms with E-state index in [9.17, 15) is 15.1 Å². The van der Waals surface area contributed by atoms with Crippen LogP contribution in [0.2, 0.25) is 0 Å². The highest BCUT2D eigenvalue weighted by atomic mass is 16.8. The summed E-state index contributed by atoms with van der Waals surface area (Å²) < 4.78 is 11.1. The Morgan fingerprint density at radius 2 is 1.70 bits per heavy atom. The van der Waals surface area contributed by atoms with E-state index in [4.69, 9.17) is 9.37 Å². The van der Waals surface area contributed by atoms with Crippen molar-refractivity contribution in [2.45, 2.75) is 125 Å². The normalized spacial score (nSPS) is 40.8. The molecule has 5 aliphatic carbocycles. The first kappa shape index (κ1) is 31.9. The lowest BCUT2D eigenvalue weighted by molar-refractivity contribution is -0.808. The van der Waals surface area contributed by atoms with Gasteiger partial charge in [0.2, 0.25) is 5.69 Å². The third-order valence-electron chi connectivity index (χ3n) is 15.1. The van der Waals surface area contributed by atoms with Crippen LogP contribution in [-0.2, 0) is 16.1 Å². The number of hydrogen-bond donors (Lipinski definition) is 1. The lowest BCUT2D eigenvalue weighted by atomic mass is 9.33. The Bertz CT molecular complexity index is 1540. The molecule has 0 unspecified atom stereocenters. The summed E-state index contributed by atoms with van der Waals surface area (Å²) in [7, 11) is 0. The van der Waals surface area contributed by atoms with Gasteiger partial charge in [-0.1, -0.05) is 90.4 Å². The van der Waals surface area contributed by atoms with Crippen molar-refractivity contribution in [3.63, 3.8) is 0 Å². The number of nitrogens with zero attached hydrogens (tertiary/aromatic N) is 2. The van der Waals surface area contributed by atoms with E-state index in [0.717, 1.165) is 69.8 Å². The van der Waals surface area contributed by atoms with Gasteiger partial charge < -0.3 is 15.1 Å². The van der Waals surface area contributed by atoms with Crippen LogP contribution in [0.5, 0.6) is 0 Å². The minimum atomic E-state index is -0.597. The molecule has 5 aliphatic rings. The van der Waals surface area contributed by atoms with E-state index in [1.54, 1.807) is 0 Å². The van der Waals surface area contributed by atoms with Gasteiger partial charge in [0, 0.05) is 10.7 Å². The third-order valence-corrected chi connectivity index (χ3v) is 15.1. The lowest BCUT2D eigenvalue weighted by Gasteiger charge is -2.71. The monoisotopic (exact) mass is 630 g/mol. The molecule has 250 valence electrons. The summed E-state index contributed by atoms with van der Waals surface area (Å²) in [6, 6.07) is 9.42. The molecule has 1 aromatic heterocycles. The van der Waals surface area contributed by atoms with Crippen LogP contribution in [0.3, 0.4) is 0 Å². The number of aliphatic hydroxyl groups is 1. The topological polar surface area (TPSA) is 99.5 Å². The highest BCUT2D eigenvalue weighted by molar-refractivity contribution is 5.79. The average molecular weight is 631 g/mol. The molecule has 46 heavy (non-hydrogen) atoms. The summed E-state index contributed by atoms with van der Waals surface area (Å²) in [6.45, 7) is 16.8. The van der Waals surface area contributed by atoms with Crippen LogP contribution < -0.4 is 4.90 Å². The molecule has 0 spiro atoms. The van der Waals surface area contributed by atoms with Gasteiger partial charge in [0.25, 0.3) is 5.69 Å². The van der Waals surface area contributed by atoms with Crippen molar-refractivity contribution in [2.75, 3.05) is 0 Å². The van der Waals surface area contributed by atoms with E-state index in [1.165, 1.54) is 5.57 Å². The SMILES string of the molecule is CC1(C)CC[C@]2(C(=O)OCc3c(-c4ccccc4)no[n+]3[O-])CC[C@]3(C)C(=CC[C@@H]4[C@@]5(C)CC[C@H](O)C(C)(C)[C@@H]5CC[C@]43C)[C@@H]2C1. The van der Waals surface area contributed by atoms with Crippen molar-refractivity contribution in [3.8, 4) is 11.3 Å². The Kier molecular flexibility index (Phi) is 7.22. The Morgan fingerprint density at radius 3 is 2.43 bits per heavy atom. The van der Waals surface area contributed by atoms with Gasteiger partial charge >= 0.3 is 5.97 Å². The lowest BCUT2D eigenvalue weighted by Crippen LogP contribution is -2.65. The first-order chi connectivity index (χ1) is 21.6. The van der Waals surface area contributed by atoms with E-state index in [0.29, 0.717) is 22.4 Å². The van der Waals surface area contributed by atoms with Crippen LogP contribution in [0, 0.1) is 55.5 Å². The second kappa shape index (κ2) is 10.4. The van der Waals surface area contributed by atoms with Crippen LogP contribution in [0.25, 0.3) is 11.3 Å². The molecule has 0 saturated heterocycles. The smallest absolute Gasteiger partial charge is 0.313 e. The summed E-state index contributed by atoms with van der Waals surface area (Å²) in [6.07, 6.45) is 12.2. The molecule has 0 bridgehead atoms. The summed E-state index contributed by atoms with van der Waals surface area (Å²) >= 11 is 0. The Morgan fingerprint density at radius 1 is 0.978 bits per heavy atom. The standard InChI is InChI=1S/C39H54N2O5/c1-34(2)19-21-39(33(43)45-24-28-32(40-46-41(28)44)25-11-9-8-10-12-25)22-20-37(6)26(27(39)23-34)13-14-30-36(5)17-16-31(42)35(3,4)29(36)15-18-38(30,37)7/h8-13,27,29-31,42H,14-24H2,1-7H3/t27-,29-,30+,31-,36-,37+,38+,39-/m0/s1. The summed E-state index contributed by atoms with van der Waals surface area (Å²) in [4.78, 5) is 14.8. The van der Waals surface area contributed by atoms with Gasteiger partial charge in [0.15, 0.2) is 6.61 Å². The number of fused-ring (bicyclic) bond motifs is 7. The zero-order valence-corrected chi connectivity index (χ0v) is 29.0. The van der Waals surface area contributed by atoms with E-state index < -0.39 is 5.41 Å². The number of aromatic nitrogens is 2. The van der Waals surface area contributed by atoms with Crippen LogP contribution in [0.1, 0.15) is 118 Å². The van der Waals surface area contributed by atoms with Crippen molar-refractivity contribution < 1.29 is 24.2 Å². The minimum Gasteiger partial charge on any atom is -0.456 e. The molecule has 1 heterocycles. The van der Waals surface area contributed by atoms with Crippen molar-refractivity contribution >= 4 is 5.97 Å². The maximum Gasteiger partial charge on any atom is 0.313 e. The second-order valence-corrected chi connectivity index (χ2v) is 17.9. The fourth-order valence-corrected chi connectivity index (χ4v) is 12.1. The van der Waals surface area contributed by atoms with Crippen LogP contribution in [0.15, 0.2) is 46.6 Å². The van der Waals surface area contributed by atoms with Crippen LogP contribution in [-0.4, -0.2) is 22.3 Å². The number of carbonyl (C=O) groups is 1. The van der Waals surface area contributed by atoms with Crippen LogP contribution in [0.4, 0.5) is 0 Å². The average Bonchev–Trinajstić information content (AvgIpc) is 3.38. The van der Waals surface area contributed by atoms with E-state index in [2.05, 4.69) is 59.7 Å². The van der Waals surface area contributed by atoms with Gasteiger partial charge in [0.05, 0.1) is 11.5 Å². The van der Waals surface area contributed by atoms with E-state index >= 15 is 0 Å². The molecule has 8 atom stereocenters. The maximum atomic E-state index is 14.5. The van der Waals surface area contributed by atoms with E-state index in [1.807, 2.05) is 30.3 Å². The molecule has 1 N–H and O–H groups in total. The molecule has 0 aliphatic heterocycles. The Hall–Kier alpha value is -2.67. The van der Waals surface area contributed by atoms with Gasteiger partial charge in [-0.2, -0.15) is 0 Å². The van der Waals surface area contributed by atoms with Gasteiger partial charge in [-0.3, -0.25) is 9.42 Å². The van der Waals surface area contributed by atoms with Gasteiger partial charge in [-0.25, -0.2) is 0 Å². The number of aliphatic hydroxyl groups excluding tert-OH is 1. The zero-order chi connectivity index (χ0) is 32.9. The van der Waals surface area contributed by atoms with Gasteiger partial charge in [-0.05, 0) is 114 Å². The molecule has 7 heteroatoms. The number of allylic oxidation sites excluding steroid dienone is 2. The van der Waals surface area contributed by atoms with Crippen molar-refractivity contribution in [3.05, 3.63) is 52.9 Å². The molecule has 0 amide bonds. The highest BCUT2D eigenvalue weighted by Gasteiger charge is 2.69. The fourth-order valence-electron chi connectivity index (χ4n) is 12.1. The number of ether oxygens (including phenoxy) is 1. The minimum absolute atomic E-state index is 0.00103. The number of rotatable bonds is 4. The first-order valence-corrected chi connectivity index (χ1v) is 17.8. The van der Waals surface area contributed by atoms with Gasteiger partial charge in [-0.15, -0.1) is 0 Å². The van der Waals surface area contributed by atoms with Crippen LogP contribution >= 0.6 is 0 Å². The number of carbonyl (C=O) groups excluding carboxylic acids is 1. The molecule has 2 aromatic rings. The predicted molar refractivity (Wildman–Crippen MR) is 176 cm³/mol. The molecular formula is C39H54N2O5.